The minimum absolute atomic E-state index is 0.343. The normalized spacial score (nSPS) is 12.0. The van der Waals surface area contributed by atoms with Crippen LogP contribution in [0.4, 0.5) is 19.0 Å². The number of aromatic amines is 1. The van der Waals surface area contributed by atoms with Gasteiger partial charge in [0.2, 0.25) is 0 Å². The summed E-state index contributed by atoms with van der Waals surface area (Å²) < 4.78 is 62.9. The Morgan fingerprint density at radius 1 is 1.00 bits per heavy atom. The number of benzene rings is 2. The number of sulfonamides is 1. The number of anilines is 1. The molecular formula is C24H24F3N7O2S. The summed E-state index contributed by atoms with van der Waals surface area (Å²) in [4.78, 5) is 6.27. The summed E-state index contributed by atoms with van der Waals surface area (Å²) in [5, 5.41) is 14.1. The van der Waals surface area contributed by atoms with Gasteiger partial charge in [-0.25, -0.2) is 23.2 Å². The monoisotopic (exact) mass is 531 g/mol. The van der Waals surface area contributed by atoms with Gasteiger partial charge in [0.1, 0.15) is 5.82 Å². The molecule has 4 aromatic rings. The molecule has 2 aromatic heterocycles. The molecule has 13 heteroatoms. The Bertz CT molecular complexity index is 1430. The average molecular weight is 532 g/mol. The van der Waals surface area contributed by atoms with Gasteiger partial charge in [0, 0.05) is 37.0 Å². The Labute approximate surface area is 211 Å². The van der Waals surface area contributed by atoms with E-state index in [9.17, 15) is 21.6 Å². The Balaban J connectivity index is 1.56. The van der Waals surface area contributed by atoms with E-state index in [0.717, 1.165) is 28.7 Å². The summed E-state index contributed by atoms with van der Waals surface area (Å²) in [6.07, 6.45) is 2.28. The predicted octanol–water partition coefficient (Wildman–Crippen LogP) is 4.28. The summed E-state index contributed by atoms with van der Waals surface area (Å²) >= 11 is 0. The maximum atomic E-state index is 12.8. The number of tetrazole rings is 1. The Kier molecular flexibility index (Phi) is 7.83. The standard InChI is InChI=1S/C24H24F3N7O2S/c1-2-14-34(23-19(6-5-13-28-23)15-29-37(35,36)24(25,26)27)16-17-9-11-18(12-10-17)20-7-3-4-8-21(20)22-30-32-33-31-22/h3-13,29H,2,14-16H2,1H3,(H,30,31,32,33). The highest BCUT2D eigenvalue weighted by Gasteiger charge is 2.45. The highest BCUT2D eigenvalue weighted by Crippen LogP contribution is 2.30. The van der Waals surface area contributed by atoms with E-state index in [4.69, 9.17) is 0 Å². The first-order valence-corrected chi connectivity index (χ1v) is 12.8. The molecule has 4 rings (SSSR count). The van der Waals surface area contributed by atoms with Crippen molar-refractivity contribution in [2.45, 2.75) is 31.9 Å². The number of aromatic nitrogens is 5. The van der Waals surface area contributed by atoms with Gasteiger partial charge in [-0.1, -0.05) is 61.5 Å². The van der Waals surface area contributed by atoms with Crippen LogP contribution < -0.4 is 9.62 Å². The number of alkyl halides is 3. The van der Waals surface area contributed by atoms with E-state index in [-0.39, 0.29) is 0 Å². The van der Waals surface area contributed by atoms with Gasteiger partial charge in [-0.2, -0.15) is 13.2 Å². The zero-order valence-electron chi connectivity index (χ0n) is 19.8. The fourth-order valence-electron chi connectivity index (χ4n) is 3.86. The van der Waals surface area contributed by atoms with Gasteiger partial charge in [-0.15, -0.1) is 5.10 Å². The van der Waals surface area contributed by atoms with Crippen molar-refractivity contribution >= 4 is 15.8 Å². The third-order valence-electron chi connectivity index (χ3n) is 5.58. The van der Waals surface area contributed by atoms with E-state index in [2.05, 4.69) is 25.6 Å². The first kappa shape index (κ1) is 26.2. The lowest BCUT2D eigenvalue weighted by Gasteiger charge is -2.26. The number of rotatable bonds is 10. The lowest BCUT2D eigenvalue weighted by atomic mass is 9.98. The Morgan fingerprint density at radius 2 is 1.73 bits per heavy atom. The molecule has 0 atom stereocenters. The second-order valence-electron chi connectivity index (χ2n) is 8.17. The SMILES string of the molecule is CCCN(Cc1ccc(-c2ccccc2-c2nnn[nH]2)cc1)c1ncccc1CNS(=O)(=O)C(F)(F)F. The molecule has 0 amide bonds. The van der Waals surface area contributed by atoms with Crippen LogP contribution in [0.1, 0.15) is 24.5 Å². The van der Waals surface area contributed by atoms with Gasteiger partial charge < -0.3 is 4.90 Å². The van der Waals surface area contributed by atoms with Crippen molar-refractivity contribution in [2.75, 3.05) is 11.4 Å². The summed E-state index contributed by atoms with van der Waals surface area (Å²) in [6.45, 7) is 2.44. The van der Waals surface area contributed by atoms with Crippen molar-refractivity contribution in [3.63, 3.8) is 0 Å². The first-order chi connectivity index (χ1) is 17.7. The van der Waals surface area contributed by atoms with Crippen molar-refractivity contribution in [1.82, 2.24) is 30.3 Å². The van der Waals surface area contributed by atoms with Crippen LogP contribution in [0.2, 0.25) is 0 Å². The van der Waals surface area contributed by atoms with E-state index < -0.39 is 22.1 Å². The maximum absolute atomic E-state index is 12.8. The number of hydrogen-bond acceptors (Lipinski definition) is 7. The van der Waals surface area contributed by atoms with E-state index in [1.54, 1.807) is 16.9 Å². The number of halogens is 3. The van der Waals surface area contributed by atoms with Crippen LogP contribution in [0.5, 0.6) is 0 Å². The Morgan fingerprint density at radius 3 is 2.38 bits per heavy atom. The number of hydrogen-bond donors (Lipinski definition) is 2. The molecule has 0 saturated heterocycles. The number of nitrogens with zero attached hydrogens (tertiary/aromatic N) is 5. The van der Waals surface area contributed by atoms with E-state index >= 15 is 0 Å². The van der Waals surface area contributed by atoms with Crippen LogP contribution in [0.15, 0.2) is 66.9 Å². The average Bonchev–Trinajstić information content (AvgIpc) is 3.42. The minimum atomic E-state index is -5.47. The van der Waals surface area contributed by atoms with Crippen LogP contribution in [0.3, 0.4) is 0 Å². The van der Waals surface area contributed by atoms with E-state index in [1.165, 1.54) is 6.20 Å². The van der Waals surface area contributed by atoms with Crippen molar-refractivity contribution in [3.8, 4) is 22.5 Å². The number of pyridine rings is 1. The molecule has 0 radical (unpaired) electrons. The summed E-state index contributed by atoms with van der Waals surface area (Å²) in [7, 11) is -5.47. The molecule has 2 heterocycles. The molecule has 2 aromatic carbocycles. The summed E-state index contributed by atoms with van der Waals surface area (Å²) in [5.41, 5.74) is -1.34. The van der Waals surface area contributed by atoms with Gasteiger partial charge in [-0.3, -0.25) is 0 Å². The first-order valence-electron chi connectivity index (χ1n) is 11.4. The topological polar surface area (TPSA) is 117 Å². The fraction of sp³-hybridized carbons (Fsp3) is 0.250. The molecule has 37 heavy (non-hydrogen) atoms. The molecule has 0 fully saturated rings. The highest BCUT2D eigenvalue weighted by molar-refractivity contribution is 7.90. The van der Waals surface area contributed by atoms with Gasteiger partial charge in [-0.05, 0) is 39.6 Å². The van der Waals surface area contributed by atoms with E-state index in [1.807, 2.05) is 60.4 Å². The van der Waals surface area contributed by atoms with Gasteiger partial charge in [0.05, 0.1) is 0 Å². The molecule has 0 aliphatic rings. The smallest absolute Gasteiger partial charge is 0.352 e. The zero-order chi connectivity index (χ0) is 26.5. The second kappa shape index (κ2) is 11.0. The lowest BCUT2D eigenvalue weighted by molar-refractivity contribution is -0.0448. The van der Waals surface area contributed by atoms with Gasteiger partial charge in [0.15, 0.2) is 5.82 Å². The molecule has 2 N–H and O–H groups in total. The lowest BCUT2D eigenvalue weighted by Crippen LogP contribution is -2.36. The van der Waals surface area contributed by atoms with Crippen molar-refractivity contribution in [3.05, 3.63) is 78.0 Å². The summed E-state index contributed by atoms with van der Waals surface area (Å²) in [6, 6.07) is 18.7. The van der Waals surface area contributed by atoms with Crippen LogP contribution in [-0.2, 0) is 23.1 Å². The molecule has 0 aliphatic carbocycles. The van der Waals surface area contributed by atoms with Crippen LogP contribution in [0, 0.1) is 0 Å². The van der Waals surface area contributed by atoms with Crippen molar-refractivity contribution in [2.24, 2.45) is 0 Å². The van der Waals surface area contributed by atoms with Crippen LogP contribution >= 0.6 is 0 Å². The van der Waals surface area contributed by atoms with Gasteiger partial charge >= 0.3 is 15.5 Å². The molecule has 0 unspecified atom stereocenters. The number of nitrogens with one attached hydrogen (secondary N) is 2. The third kappa shape index (κ3) is 6.12. The summed E-state index contributed by atoms with van der Waals surface area (Å²) in [5.74, 6) is 0.971. The second-order valence-corrected chi connectivity index (χ2v) is 9.93. The van der Waals surface area contributed by atoms with Crippen LogP contribution in [0.25, 0.3) is 22.5 Å². The Hall–Kier alpha value is -3.84. The minimum Gasteiger partial charge on any atom is -0.352 e. The molecule has 0 spiro atoms. The molecule has 9 nitrogen and oxygen atoms in total. The molecule has 0 bridgehead atoms. The van der Waals surface area contributed by atoms with Crippen molar-refractivity contribution in [1.29, 1.82) is 0 Å². The van der Waals surface area contributed by atoms with Gasteiger partial charge in [0.25, 0.3) is 0 Å². The quantitative estimate of drug-likeness (QED) is 0.314. The largest absolute Gasteiger partial charge is 0.511 e. The molecular weight excluding hydrogens is 507 g/mol. The van der Waals surface area contributed by atoms with E-state index in [0.29, 0.717) is 30.3 Å². The predicted molar refractivity (Wildman–Crippen MR) is 132 cm³/mol. The van der Waals surface area contributed by atoms with Crippen LogP contribution in [-0.4, -0.2) is 46.1 Å². The maximum Gasteiger partial charge on any atom is 0.511 e. The molecule has 0 saturated carbocycles. The molecule has 0 aliphatic heterocycles. The molecule has 194 valence electrons. The number of H-pyrrole nitrogens is 1. The highest BCUT2D eigenvalue weighted by atomic mass is 32.2. The third-order valence-corrected chi connectivity index (χ3v) is 6.72. The fourth-order valence-corrected chi connectivity index (χ4v) is 4.37. The zero-order valence-corrected chi connectivity index (χ0v) is 20.6. The van der Waals surface area contributed by atoms with Crippen molar-refractivity contribution < 1.29 is 21.6 Å².